The predicted molar refractivity (Wildman–Crippen MR) is 109 cm³/mol. The lowest BCUT2D eigenvalue weighted by atomic mass is 10.1. The van der Waals surface area contributed by atoms with Crippen molar-refractivity contribution in [3.63, 3.8) is 0 Å². The summed E-state index contributed by atoms with van der Waals surface area (Å²) < 4.78 is 6.31. The van der Waals surface area contributed by atoms with Crippen LogP contribution in [0.1, 0.15) is 35.0 Å². The molecule has 0 saturated carbocycles. The molecule has 0 aliphatic rings. The summed E-state index contributed by atoms with van der Waals surface area (Å²) >= 11 is 2.93. The summed E-state index contributed by atoms with van der Waals surface area (Å²) in [7, 11) is 0. The Morgan fingerprint density at radius 2 is 2.04 bits per heavy atom. The van der Waals surface area contributed by atoms with Crippen LogP contribution in [0.3, 0.4) is 0 Å². The Morgan fingerprint density at radius 3 is 2.81 bits per heavy atom. The van der Waals surface area contributed by atoms with Crippen LogP contribution in [0, 0.1) is 0 Å². The fourth-order valence-corrected chi connectivity index (χ4v) is 4.13. The van der Waals surface area contributed by atoms with E-state index < -0.39 is 5.97 Å². The molecule has 2 aromatic heterocycles. The highest BCUT2D eigenvalue weighted by Gasteiger charge is 2.21. The molecule has 134 valence electrons. The summed E-state index contributed by atoms with van der Waals surface area (Å²) in [5, 5.41) is 6.11. The molecule has 26 heavy (non-hydrogen) atoms. The number of carbonyl (C=O) groups is 2. The molecule has 1 aromatic carbocycles. The maximum Gasteiger partial charge on any atom is 0.341 e. The van der Waals surface area contributed by atoms with Gasteiger partial charge in [-0.2, -0.15) is 0 Å². The molecule has 0 aliphatic heterocycles. The van der Waals surface area contributed by atoms with Crippen molar-refractivity contribution in [1.29, 1.82) is 0 Å². The van der Waals surface area contributed by atoms with Gasteiger partial charge in [0.05, 0.1) is 6.61 Å². The quantitative estimate of drug-likeness (QED) is 0.328. The minimum Gasteiger partial charge on any atom is -0.462 e. The van der Waals surface area contributed by atoms with E-state index >= 15 is 0 Å². The Balaban J connectivity index is 1.83. The lowest BCUT2D eigenvalue weighted by molar-refractivity contribution is -0.111. The van der Waals surface area contributed by atoms with Gasteiger partial charge in [0.25, 0.3) is 0 Å². The molecular weight excluding hydrogens is 366 g/mol. The van der Waals surface area contributed by atoms with Gasteiger partial charge >= 0.3 is 5.97 Å². The van der Waals surface area contributed by atoms with Gasteiger partial charge in [-0.25, -0.2) is 4.79 Å². The number of benzene rings is 1. The van der Waals surface area contributed by atoms with Crippen molar-refractivity contribution < 1.29 is 14.3 Å². The predicted octanol–water partition coefficient (Wildman–Crippen LogP) is 5.57. The molecule has 0 saturated heterocycles. The van der Waals surface area contributed by atoms with Crippen LogP contribution in [0.4, 0.5) is 5.00 Å². The first-order valence-electron chi connectivity index (χ1n) is 8.40. The Bertz CT molecular complexity index is 926. The Hall–Kier alpha value is -2.44. The molecule has 0 aliphatic carbocycles. The zero-order valence-corrected chi connectivity index (χ0v) is 16.0. The molecule has 3 rings (SSSR count). The second-order valence-corrected chi connectivity index (χ2v) is 7.66. The SMILES string of the molecule is CCCCOC(=O)c1c(NC(=O)/C=C/c2cccs2)sc2ccccc12. The standard InChI is InChI=1S/C20H19NO3S2/c1-2-3-12-24-20(23)18-15-8-4-5-9-16(15)26-19(18)21-17(22)11-10-14-7-6-13-25-14/h4-11,13H,2-3,12H2,1H3,(H,21,22)/b11-10+. The van der Waals surface area contributed by atoms with Gasteiger partial charge in [-0.15, -0.1) is 22.7 Å². The smallest absolute Gasteiger partial charge is 0.341 e. The topological polar surface area (TPSA) is 55.4 Å². The molecule has 6 heteroatoms. The summed E-state index contributed by atoms with van der Waals surface area (Å²) in [6.07, 6.45) is 5.00. The molecule has 1 amide bonds. The van der Waals surface area contributed by atoms with Crippen LogP contribution in [0.25, 0.3) is 16.2 Å². The Labute approximate surface area is 160 Å². The third-order valence-electron chi connectivity index (χ3n) is 3.71. The number of hydrogen-bond donors (Lipinski definition) is 1. The molecule has 0 fully saturated rings. The number of esters is 1. The van der Waals surface area contributed by atoms with E-state index in [2.05, 4.69) is 5.32 Å². The number of amides is 1. The van der Waals surface area contributed by atoms with E-state index in [9.17, 15) is 9.59 Å². The number of hydrogen-bond acceptors (Lipinski definition) is 5. The van der Waals surface area contributed by atoms with Crippen LogP contribution in [-0.4, -0.2) is 18.5 Å². The summed E-state index contributed by atoms with van der Waals surface area (Å²) in [4.78, 5) is 25.8. The average Bonchev–Trinajstić information content (AvgIpc) is 3.27. The zero-order valence-electron chi connectivity index (χ0n) is 14.4. The van der Waals surface area contributed by atoms with Gasteiger partial charge in [0, 0.05) is 21.0 Å². The van der Waals surface area contributed by atoms with Crippen LogP contribution in [-0.2, 0) is 9.53 Å². The van der Waals surface area contributed by atoms with Crippen molar-refractivity contribution in [2.75, 3.05) is 11.9 Å². The van der Waals surface area contributed by atoms with Crippen molar-refractivity contribution in [3.8, 4) is 0 Å². The van der Waals surface area contributed by atoms with E-state index in [1.54, 1.807) is 17.4 Å². The molecule has 0 spiro atoms. The van der Waals surface area contributed by atoms with Crippen molar-refractivity contribution in [1.82, 2.24) is 0 Å². The number of unbranched alkanes of at least 4 members (excludes halogenated alkanes) is 1. The van der Waals surface area contributed by atoms with Crippen molar-refractivity contribution in [2.24, 2.45) is 0 Å². The second kappa shape index (κ2) is 8.78. The van der Waals surface area contributed by atoms with E-state index in [0.29, 0.717) is 17.2 Å². The van der Waals surface area contributed by atoms with E-state index in [1.807, 2.05) is 48.7 Å². The number of thiophene rings is 2. The number of ether oxygens (including phenoxy) is 1. The molecular formula is C20H19NO3S2. The zero-order chi connectivity index (χ0) is 18.4. The summed E-state index contributed by atoms with van der Waals surface area (Å²) in [5.74, 6) is -0.666. The number of rotatable bonds is 7. The van der Waals surface area contributed by atoms with Crippen LogP contribution in [0.5, 0.6) is 0 Å². The van der Waals surface area contributed by atoms with Gasteiger partial charge in [0.2, 0.25) is 5.91 Å². The van der Waals surface area contributed by atoms with Crippen LogP contribution in [0.15, 0.2) is 47.9 Å². The molecule has 0 atom stereocenters. The molecule has 0 bridgehead atoms. The highest BCUT2D eigenvalue weighted by molar-refractivity contribution is 7.23. The molecule has 2 heterocycles. The fraction of sp³-hybridized carbons (Fsp3) is 0.200. The van der Waals surface area contributed by atoms with Crippen LogP contribution >= 0.6 is 22.7 Å². The lowest BCUT2D eigenvalue weighted by Crippen LogP contribution is -2.12. The number of nitrogens with one attached hydrogen (secondary N) is 1. The molecule has 0 radical (unpaired) electrons. The maximum atomic E-state index is 12.6. The lowest BCUT2D eigenvalue weighted by Gasteiger charge is -2.06. The van der Waals surface area contributed by atoms with E-state index in [0.717, 1.165) is 27.8 Å². The maximum absolute atomic E-state index is 12.6. The molecule has 1 N–H and O–H groups in total. The van der Waals surface area contributed by atoms with E-state index in [-0.39, 0.29) is 5.91 Å². The first-order chi connectivity index (χ1) is 12.7. The van der Waals surface area contributed by atoms with Gasteiger partial charge in [-0.3, -0.25) is 4.79 Å². The summed E-state index contributed by atoms with van der Waals surface area (Å²) in [5.41, 5.74) is 0.430. The first kappa shape index (κ1) is 18.4. The summed E-state index contributed by atoms with van der Waals surface area (Å²) in [6, 6.07) is 11.5. The first-order valence-corrected chi connectivity index (χ1v) is 10.1. The third-order valence-corrected chi connectivity index (χ3v) is 5.63. The van der Waals surface area contributed by atoms with Crippen molar-refractivity contribution in [2.45, 2.75) is 19.8 Å². The normalized spacial score (nSPS) is 11.1. The molecule has 3 aromatic rings. The van der Waals surface area contributed by atoms with E-state index in [4.69, 9.17) is 4.74 Å². The van der Waals surface area contributed by atoms with Crippen LogP contribution in [0.2, 0.25) is 0 Å². The number of anilines is 1. The van der Waals surface area contributed by atoms with Crippen LogP contribution < -0.4 is 5.32 Å². The number of carbonyl (C=O) groups excluding carboxylic acids is 2. The van der Waals surface area contributed by atoms with Gasteiger partial charge in [0.1, 0.15) is 10.6 Å². The average molecular weight is 386 g/mol. The highest BCUT2D eigenvalue weighted by atomic mass is 32.1. The molecule has 0 unspecified atom stereocenters. The van der Waals surface area contributed by atoms with Crippen molar-refractivity contribution in [3.05, 3.63) is 58.3 Å². The Kier molecular flexibility index (Phi) is 6.20. The fourth-order valence-electron chi connectivity index (χ4n) is 2.42. The van der Waals surface area contributed by atoms with Gasteiger partial charge in [0.15, 0.2) is 0 Å². The minimum absolute atomic E-state index is 0.271. The van der Waals surface area contributed by atoms with Gasteiger partial charge < -0.3 is 10.1 Å². The van der Waals surface area contributed by atoms with Gasteiger partial charge in [-0.1, -0.05) is 37.6 Å². The van der Waals surface area contributed by atoms with E-state index in [1.165, 1.54) is 17.4 Å². The monoisotopic (exact) mass is 385 g/mol. The summed E-state index contributed by atoms with van der Waals surface area (Å²) in [6.45, 7) is 2.42. The third kappa shape index (κ3) is 4.39. The molecule has 4 nitrogen and oxygen atoms in total. The van der Waals surface area contributed by atoms with Crippen molar-refractivity contribution >= 4 is 55.7 Å². The largest absolute Gasteiger partial charge is 0.462 e. The highest BCUT2D eigenvalue weighted by Crippen LogP contribution is 2.36. The second-order valence-electron chi connectivity index (χ2n) is 5.63. The van der Waals surface area contributed by atoms with Gasteiger partial charge in [-0.05, 0) is 30.0 Å². The Morgan fingerprint density at radius 1 is 1.19 bits per heavy atom. The number of fused-ring (bicyclic) bond motifs is 1. The minimum atomic E-state index is -0.395.